The third-order valence-electron chi connectivity index (χ3n) is 3.70. The number of halogens is 2. The lowest BCUT2D eigenvalue weighted by Gasteiger charge is -2.06. The summed E-state index contributed by atoms with van der Waals surface area (Å²) in [5.74, 6) is 0.658. The third kappa shape index (κ3) is 6.12. The van der Waals surface area contributed by atoms with Gasteiger partial charge >= 0.3 is 0 Å². The first-order chi connectivity index (χ1) is 11.8. The molecule has 2 heterocycles. The van der Waals surface area contributed by atoms with Gasteiger partial charge in [0.25, 0.3) is 0 Å². The Morgan fingerprint density at radius 2 is 2.00 bits per heavy atom. The summed E-state index contributed by atoms with van der Waals surface area (Å²) in [6.45, 7) is 1.88. The Labute approximate surface area is 158 Å². The van der Waals surface area contributed by atoms with Crippen LogP contribution in [0.3, 0.4) is 0 Å². The van der Waals surface area contributed by atoms with Crippen LogP contribution in [0.15, 0.2) is 55.2 Å². The van der Waals surface area contributed by atoms with Crippen LogP contribution in [0.4, 0.5) is 0 Å². The quantitative estimate of drug-likeness (QED) is 0.610. The third-order valence-corrected chi connectivity index (χ3v) is 3.94. The zero-order chi connectivity index (χ0) is 16.6. The number of nitrogens with zero attached hydrogens (tertiary/aromatic N) is 4. The molecule has 5 nitrogen and oxygen atoms in total. The lowest BCUT2D eigenvalue weighted by Crippen LogP contribution is -2.19. The Kier molecular flexibility index (Phi) is 7.85. The van der Waals surface area contributed by atoms with Crippen LogP contribution < -0.4 is 5.32 Å². The topological polar surface area (TPSA) is 55.6 Å². The zero-order valence-corrected chi connectivity index (χ0v) is 15.4. The molecule has 1 N–H and O–H groups in total. The molecule has 7 heteroatoms. The van der Waals surface area contributed by atoms with E-state index in [4.69, 9.17) is 11.6 Å². The van der Waals surface area contributed by atoms with Gasteiger partial charge in [0.2, 0.25) is 5.95 Å². The molecule has 0 radical (unpaired) electrons. The van der Waals surface area contributed by atoms with Gasteiger partial charge in [-0.2, -0.15) is 0 Å². The smallest absolute Gasteiger partial charge is 0.235 e. The largest absolute Gasteiger partial charge is 0.316 e. The van der Waals surface area contributed by atoms with Crippen LogP contribution in [-0.2, 0) is 12.8 Å². The molecule has 2 aromatic heterocycles. The molecule has 0 bridgehead atoms. The van der Waals surface area contributed by atoms with E-state index in [0.29, 0.717) is 5.95 Å². The molecule has 0 fully saturated rings. The number of benzene rings is 1. The zero-order valence-electron chi connectivity index (χ0n) is 13.8. The van der Waals surface area contributed by atoms with Gasteiger partial charge in [0.05, 0.1) is 0 Å². The number of aryl methyl sites for hydroxylation is 1. The summed E-state index contributed by atoms with van der Waals surface area (Å²) in [4.78, 5) is 12.8. The Morgan fingerprint density at radius 1 is 1.08 bits per heavy atom. The maximum Gasteiger partial charge on any atom is 0.235 e. The van der Waals surface area contributed by atoms with Gasteiger partial charge in [0.1, 0.15) is 6.33 Å². The Bertz CT molecular complexity index is 762. The SMILES string of the molecule is Cl.Clc1cccc(CCCNCCc2ccnc(-n3ccnc3)n2)c1. The van der Waals surface area contributed by atoms with E-state index in [9.17, 15) is 0 Å². The first-order valence-electron chi connectivity index (χ1n) is 8.07. The Hall–Kier alpha value is -1.95. The number of imidazole rings is 1. The highest BCUT2D eigenvalue weighted by molar-refractivity contribution is 6.30. The predicted molar refractivity (Wildman–Crippen MR) is 103 cm³/mol. The van der Waals surface area contributed by atoms with E-state index < -0.39 is 0 Å². The van der Waals surface area contributed by atoms with Crippen molar-refractivity contribution < 1.29 is 0 Å². The summed E-state index contributed by atoms with van der Waals surface area (Å²) in [5, 5.41) is 4.26. The van der Waals surface area contributed by atoms with E-state index in [1.807, 2.05) is 35.0 Å². The minimum atomic E-state index is 0. The molecule has 132 valence electrons. The summed E-state index contributed by atoms with van der Waals surface area (Å²) in [7, 11) is 0. The molecule has 0 amide bonds. The fourth-order valence-electron chi connectivity index (χ4n) is 2.48. The molecule has 0 unspecified atom stereocenters. The second kappa shape index (κ2) is 10.1. The van der Waals surface area contributed by atoms with Gasteiger partial charge < -0.3 is 5.32 Å². The Balaban J connectivity index is 0.00000225. The van der Waals surface area contributed by atoms with Crippen molar-refractivity contribution in [2.24, 2.45) is 0 Å². The molecule has 0 aliphatic rings. The van der Waals surface area contributed by atoms with Crippen molar-refractivity contribution in [1.82, 2.24) is 24.8 Å². The van der Waals surface area contributed by atoms with Crippen LogP contribution in [0.2, 0.25) is 5.02 Å². The fraction of sp³-hybridized carbons (Fsp3) is 0.278. The molecule has 0 aliphatic carbocycles. The number of hydrogen-bond donors (Lipinski definition) is 1. The van der Waals surface area contributed by atoms with E-state index in [0.717, 1.165) is 43.1 Å². The minimum Gasteiger partial charge on any atom is -0.316 e. The number of nitrogens with one attached hydrogen (secondary N) is 1. The van der Waals surface area contributed by atoms with E-state index in [-0.39, 0.29) is 12.4 Å². The number of aromatic nitrogens is 4. The van der Waals surface area contributed by atoms with Crippen LogP contribution in [-0.4, -0.2) is 32.6 Å². The van der Waals surface area contributed by atoms with Gasteiger partial charge in [-0.25, -0.2) is 15.0 Å². The summed E-state index contributed by atoms with van der Waals surface area (Å²) >= 11 is 5.99. The maximum atomic E-state index is 5.99. The van der Waals surface area contributed by atoms with E-state index in [1.165, 1.54) is 5.56 Å². The van der Waals surface area contributed by atoms with Gasteiger partial charge in [-0.1, -0.05) is 23.7 Å². The average Bonchev–Trinajstić information content (AvgIpc) is 3.13. The first-order valence-corrected chi connectivity index (χ1v) is 8.44. The lowest BCUT2D eigenvalue weighted by molar-refractivity contribution is 0.642. The molecule has 0 saturated heterocycles. The van der Waals surface area contributed by atoms with Crippen molar-refractivity contribution in [3.63, 3.8) is 0 Å². The van der Waals surface area contributed by atoms with E-state index >= 15 is 0 Å². The van der Waals surface area contributed by atoms with Crippen LogP contribution in [0.5, 0.6) is 0 Å². The van der Waals surface area contributed by atoms with Crippen molar-refractivity contribution in [3.05, 3.63) is 71.5 Å². The van der Waals surface area contributed by atoms with Crippen molar-refractivity contribution in [2.75, 3.05) is 13.1 Å². The normalized spacial score (nSPS) is 10.4. The average molecular weight is 378 g/mol. The molecular formula is C18H21Cl2N5. The Morgan fingerprint density at radius 3 is 2.80 bits per heavy atom. The van der Waals surface area contributed by atoms with E-state index in [2.05, 4.69) is 26.3 Å². The molecule has 0 spiro atoms. The van der Waals surface area contributed by atoms with Crippen molar-refractivity contribution in [1.29, 1.82) is 0 Å². The molecular weight excluding hydrogens is 357 g/mol. The molecule has 0 atom stereocenters. The van der Waals surface area contributed by atoms with Crippen molar-refractivity contribution in [3.8, 4) is 5.95 Å². The monoisotopic (exact) mass is 377 g/mol. The second-order valence-corrected chi connectivity index (χ2v) is 5.99. The molecule has 0 aliphatic heterocycles. The number of hydrogen-bond acceptors (Lipinski definition) is 4. The summed E-state index contributed by atoms with van der Waals surface area (Å²) in [5.41, 5.74) is 2.31. The fourth-order valence-corrected chi connectivity index (χ4v) is 2.69. The van der Waals surface area contributed by atoms with Crippen molar-refractivity contribution in [2.45, 2.75) is 19.3 Å². The summed E-state index contributed by atoms with van der Waals surface area (Å²) in [6, 6.07) is 10.00. The van der Waals surface area contributed by atoms with Gasteiger partial charge in [-0.05, 0) is 43.1 Å². The maximum absolute atomic E-state index is 5.99. The number of rotatable bonds is 8. The van der Waals surface area contributed by atoms with Gasteiger partial charge in [0.15, 0.2) is 0 Å². The van der Waals surface area contributed by atoms with E-state index in [1.54, 1.807) is 18.7 Å². The van der Waals surface area contributed by atoms with Crippen LogP contribution in [0.25, 0.3) is 5.95 Å². The summed E-state index contributed by atoms with van der Waals surface area (Å²) in [6.07, 6.45) is 10.0. The standard InChI is InChI=1S/C18H20ClN5.ClH/c19-16-5-1-3-15(13-16)4-2-8-20-9-6-17-7-10-22-18(23-17)24-12-11-21-14-24;/h1,3,5,7,10-14,20H,2,4,6,8-9H2;1H. The summed E-state index contributed by atoms with van der Waals surface area (Å²) < 4.78 is 1.81. The van der Waals surface area contributed by atoms with Crippen LogP contribution in [0.1, 0.15) is 17.7 Å². The molecule has 25 heavy (non-hydrogen) atoms. The van der Waals surface area contributed by atoms with Crippen LogP contribution in [0, 0.1) is 0 Å². The van der Waals surface area contributed by atoms with Crippen molar-refractivity contribution >= 4 is 24.0 Å². The van der Waals surface area contributed by atoms with Gasteiger partial charge in [0, 0.05) is 42.3 Å². The van der Waals surface area contributed by atoms with Crippen LogP contribution >= 0.6 is 24.0 Å². The minimum absolute atomic E-state index is 0. The highest BCUT2D eigenvalue weighted by atomic mass is 35.5. The molecule has 3 aromatic rings. The highest BCUT2D eigenvalue weighted by Gasteiger charge is 2.01. The molecule has 0 saturated carbocycles. The lowest BCUT2D eigenvalue weighted by atomic mass is 10.1. The predicted octanol–water partition coefficient (Wildman–Crippen LogP) is 3.50. The molecule has 3 rings (SSSR count). The van der Waals surface area contributed by atoms with Gasteiger partial charge in [-0.15, -0.1) is 12.4 Å². The van der Waals surface area contributed by atoms with Gasteiger partial charge in [-0.3, -0.25) is 4.57 Å². The molecule has 1 aromatic carbocycles. The first kappa shape index (κ1) is 19.4. The second-order valence-electron chi connectivity index (χ2n) is 5.55. The highest BCUT2D eigenvalue weighted by Crippen LogP contribution is 2.11.